The number of rotatable bonds is 5. The lowest BCUT2D eigenvalue weighted by atomic mass is 10.2. The average Bonchev–Trinajstić information content (AvgIpc) is 2.95. The summed E-state index contributed by atoms with van der Waals surface area (Å²) in [5.74, 6) is 0.782. The molecule has 0 aliphatic rings. The number of aliphatic hydroxyl groups excluding tert-OH is 1. The van der Waals surface area contributed by atoms with Gasteiger partial charge >= 0.3 is 6.03 Å². The molecule has 21 heavy (non-hydrogen) atoms. The van der Waals surface area contributed by atoms with E-state index in [-0.39, 0.29) is 18.7 Å². The topological polar surface area (TPSA) is 83.5 Å². The summed E-state index contributed by atoms with van der Waals surface area (Å²) in [6.45, 7) is 1.60. The second kappa shape index (κ2) is 7.05. The lowest BCUT2D eigenvalue weighted by Crippen LogP contribution is -2.38. The van der Waals surface area contributed by atoms with Crippen molar-refractivity contribution in [2.75, 3.05) is 19.0 Å². The number of urea groups is 1. The molecule has 0 aliphatic heterocycles. The maximum atomic E-state index is 11.6. The summed E-state index contributed by atoms with van der Waals surface area (Å²) in [5, 5.41) is 16.5. The fraction of sp³-hybridized carbons (Fsp3) is 0.286. The number of aliphatic hydroxyl groups is 1. The van der Waals surface area contributed by atoms with Crippen LogP contribution in [0.1, 0.15) is 6.92 Å². The Kier molecular flexibility index (Phi) is 5.13. The molecule has 3 N–H and O–H groups in total. The molecule has 0 spiro atoms. The smallest absolute Gasteiger partial charge is 0.321 e. The SMILES string of the molecule is COc1ccc(-c2csc(NC(=O)N[C@H](C)CO)n2)cc1. The molecule has 112 valence electrons. The average molecular weight is 307 g/mol. The van der Waals surface area contributed by atoms with E-state index in [2.05, 4.69) is 15.6 Å². The number of benzene rings is 1. The fourth-order valence-corrected chi connectivity index (χ4v) is 2.34. The lowest BCUT2D eigenvalue weighted by Gasteiger charge is -2.10. The summed E-state index contributed by atoms with van der Waals surface area (Å²) in [5.41, 5.74) is 1.73. The fourth-order valence-electron chi connectivity index (χ4n) is 1.63. The van der Waals surface area contributed by atoms with Gasteiger partial charge < -0.3 is 15.2 Å². The molecule has 2 amide bonds. The zero-order valence-electron chi connectivity index (χ0n) is 11.8. The molecule has 7 heteroatoms. The Morgan fingerprint density at radius 1 is 1.43 bits per heavy atom. The van der Waals surface area contributed by atoms with Crippen LogP contribution in [0.3, 0.4) is 0 Å². The van der Waals surface area contributed by atoms with Gasteiger partial charge in [0.1, 0.15) is 5.75 Å². The third kappa shape index (κ3) is 4.17. The van der Waals surface area contributed by atoms with Crippen LogP contribution >= 0.6 is 11.3 Å². The number of amides is 2. The van der Waals surface area contributed by atoms with E-state index in [0.717, 1.165) is 17.0 Å². The monoisotopic (exact) mass is 307 g/mol. The van der Waals surface area contributed by atoms with E-state index in [0.29, 0.717) is 5.13 Å². The molecule has 1 aromatic carbocycles. The van der Waals surface area contributed by atoms with Crippen LogP contribution < -0.4 is 15.4 Å². The van der Waals surface area contributed by atoms with Crippen molar-refractivity contribution in [3.05, 3.63) is 29.6 Å². The lowest BCUT2D eigenvalue weighted by molar-refractivity contribution is 0.229. The summed E-state index contributed by atoms with van der Waals surface area (Å²) >= 11 is 1.34. The van der Waals surface area contributed by atoms with E-state index < -0.39 is 0 Å². The molecule has 2 aromatic rings. The molecule has 0 fully saturated rings. The van der Waals surface area contributed by atoms with Gasteiger partial charge in [0.15, 0.2) is 5.13 Å². The van der Waals surface area contributed by atoms with Gasteiger partial charge in [-0.1, -0.05) is 0 Å². The number of nitrogens with one attached hydrogen (secondary N) is 2. The van der Waals surface area contributed by atoms with Crippen molar-refractivity contribution < 1.29 is 14.6 Å². The van der Waals surface area contributed by atoms with E-state index in [1.807, 2.05) is 29.6 Å². The molecule has 6 nitrogen and oxygen atoms in total. The Balaban J connectivity index is 2.02. The van der Waals surface area contributed by atoms with Crippen LogP contribution in [-0.4, -0.2) is 35.9 Å². The number of aromatic nitrogens is 1. The molecule has 0 unspecified atom stereocenters. The minimum Gasteiger partial charge on any atom is -0.497 e. The van der Waals surface area contributed by atoms with Crippen molar-refractivity contribution >= 4 is 22.5 Å². The van der Waals surface area contributed by atoms with Gasteiger partial charge in [-0.2, -0.15) is 0 Å². The first-order chi connectivity index (χ1) is 10.1. The Bertz CT molecular complexity index is 598. The molecular formula is C14H17N3O3S. The molecular weight excluding hydrogens is 290 g/mol. The second-order valence-electron chi connectivity index (χ2n) is 4.45. The molecule has 1 atom stereocenters. The normalized spacial score (nSPS) is 11.8. The summed E-state index contributed by atoms with van der Waals surface area (Å²) < 4.78 is 5.11. The number of anilines is 1. The number of methoxy groups -OCH3 is 1. The molecule has 0 saturated heterocycles. The summed E-state index contributed by atoms with van der Waals surface area (Å²) in [6.07, 6.45) is 0. The van der Waals surface area contributed by atoms with Gasteiger partial charge in [-0.15, -0.1) is 11.3 Å². The van der Waals surface area contributed by atoms with Gasteiger partial charge in [0.25, 0.3) is 0 Å². The number of carbonyl (C=O) groups excluding carboxylic acids is 1. The third-order valence-corrected chi connectivity index (χ3v) is 3.52. The van der Waals surface area contributed by atoms with Crippen molar-refractivity contribution in [1.29, 1.82) is 0 Å². The highest BCUT2D eigenvalue weighted by molar-refractivity contribution is 7.14. The number of nitrogens with zero attached hydrogens (tertiary/aromatic N) is 1. The van der Waals surface area contributed by atoms with E-state index in [1.165, 1.54) is 11.3 Å². The second-order valence-corrected chi connectivity index (χ2v) is 5.31. The van der Waals surface area contributed by atoms with E-state index in [9.17, 15) is 4.79 Å². The predicted octanol–water partition coefficient (Wildman–Crippen LogP) is 2.32. The Hall–Kier alpha value is -2.12. The largest absolute Gasteiger partial charge is 0.497 e. The number of hydrogen-bond donors (Lipinski definition) is 3. The van der Waals surface area contributed by atoms with Gasteiger partial charge in [-0.25, -0.2) is 9.78 Å². The zero-order chi connectivity index (χ0) is 15.2. The number of thiazole rings is 1. The Labute approximate surface area is 126 Å². The predicted molar refractivity (Wildman–Crippen MR) is 82.8 cm³/mol. The first-order valence-electron chi connectivity index (χ1n) is 6.40. The molecule has 0 saturated carbocycles. The van der Waals surface area contributed by atoms with Crippen LogP contribution in [-0.2, 0) is 0 Å². The van der Waals surface area contributed by atoms with E-state index in [1.54, 1.807) is 14.0 Å². The van der Waals surface area contributed by atoms with E-state index >= 15 is 0 Å². The minimum atomic E-state index is -0.382. The molecule has 0 radical (unpaired) electrons. The molecule has 0 aliphatic carbocycles. The number of hydrogen-bond acceptors (Lipinski definition) is 5. The summed E-state index contributed by atoms with van der Waals surface area (Å²) in [4.78, 5) is 16.0. The van der Waals surface area contributed by atoms with Gasteiger partial charge in [0.05, 0.1) is 25.5 Å². The number of ether oxygens (including phenoxy) is 1. The van der Waals surface area contributed by atoms with Crippen LogP contribution in [0, 0.1) is 0 Å². The van der Waals surface area contributed by atoms with Crippen molar-refractivity contribution in [2.45, 2.75) is 13.0 Å². The highest BCUT2D eigenvalue weighted by atomic mass is 32.1. The summed E-state index contributed by atoms with van der Waals surface area (Å²) in [6, 6.07) is 6.85. The quantitative estimate of drug-likeness (QED) is 0.791. The molecule has 2 rings (SSSR count). The van der Waals surface area contributed by atoms with Crippen molar-refractivity contribution in [1.82, 2.24) is 10.3 Å². The van der Waals surface area contributed by atoms with Crippen LogP contribution in [0.4, 0.5) is 9.93 Å². The van der Waals surface area contributed by atoms with Crippen LogP contribution in [0.25, 0.3) is 11.3 Å². The van der Waals surface area contributed by atoms with E-state index in [4.69, 9.17) is 9.84 Å². The summed E-state index contributed by atoms with van der Waals surface area (Å²) in [7, 11) is 1.62. The zero-order valence-corrected chi connectivity index (χ0v) is 12.6. The molecule has 1 aromatic heterocycles. The Morgan fingerprint density at radius 2 is 2.14 bits per heavy atom. The minimum absolute atomic E-state index is 0.109. The van der Waals surface area contributed by atoms with Gasteiger partial charge in [-0.3, -0.25) is 5.32 Å². The van der Waals surface area contributed by atoms with Crippen LogP contribution in [0.2, 0.25) is 0 Å². The third-order valence-electron chi connectivity index (χ3n) is 2.76. The Morgan fingerprint density at radius 3 is 2.76 bits per heavy atom. The maximum Gasteiger partial charge on any atom is 0.321 e. The highest BCUT2D eigenvalue weighted by Crippen LogP contribution is 2.26. The van der Waals surface area contributed by atoms with Crippen LogP contribution in [0.15, 0.2) is 29.6 Å². The highest BCUT2D eigenvalue weighted by Gasteiger charge is 2.10. The molecule has 0 bridgehead atoms. The van der Waals surface area contributed by atoms with Gasteiger partial charge in [-0.05, 0) is 31.2 Å². The number of carbonyl (C=O) groups is 1. The first-order valence-corrected chi connectivity index (χ1v) is 7.28. The van der Waals surface area contributed by atoms with Crippen molar-refractivity contribution in [2.24, 2.45) is 0 Å². The maximum absolute atomic E-state index is 11.6. The van der Waals surface area contributed by atoms with Gasteiger partial charge in [0.2, 0.25) is 0 Å². The van der Waals surface area contributed by atoms with Crippen molar-refractivity contribution in [3.63, 3.8) is 0 Å². The first kappa shape index (κ1) is 15.3. The van der Waals surface area contributed by atoms with Crippen molar-refractivity contribution in [3.8, 4) is 17.0 Å². The standard InChI is InChI=1S/C14H17N3O3S/c1-9(7-18)15-13(19)17-14-16-12(8-21-14)10-3-5-11(20-2)6-4-10/h3-6,8-9,18H,7H2,1-2H3,(H2,15,16,17,19)/t9-/m1/s1. The molecule has 1 heterocycles. The van der Waals surface area contributed by atoms with Crippen LogP contribution in [0.5, 0.6) is 5.75 Å². The van der Waals surface area contributed by atoms with Gasteiger partial charge in [0, 0.05) is 10.9 Å².